The van der Waals surface area contributed by atoms with Crippen molar-refractivity contribution in [1.29, 1.82) is 0 Å². The van der Waals surface area contributed by atoms with Crippen molar-refractivity contribution in [3.63, 3.8) is 0 Å². The molecule has 0 saturated carbocycles. The van der Waals surface area contributed by atoms with Gasteiger partial charge in [-0.3, -0.25) is 9.10 Å². The zero-order valence-electron chi connectivity index (χ0n) is 15.1. The highest BCUT2D eigenvalue weighted by Gasteiger charge is 2.29. The molecule has 2 aromatic rings. The highest BCUT2D eigenvalue weighted by atomic mass is 32.2. The number of hydrogen-bond acceptors (Lipinski definition) is 3. The van der Waals surface area contributed by atoms with Gasteiger partial charge < -0.3 is 5.32 Å². The van der Waals surface area contributed by atoms with Crippen LogP contribution in [0.5, 0.6) is 0 Å². The highest BCUT2D eigenvalue weighted by Crippen LogP contribution is 2.32. The lowest BCUT2D eigenvalue weighted by Gasteiger charge is -2.30. The molecule has 0 aromatic heterocycles. The van der Waals surface area contributed by atoms with Crippen molar-refractivity contribution < 1.29 is 13.2 Å². The van der Waals surface area contributed by atoms with Crippen LogP contribution in [0.3, 0.4) is 0 Å². The van der Waals surface area contributed by atoms with E-state index in [1.807, 2.05) is 19.9 Å². The van der Waals surface area contributed by atoms with Crippen LogP contribution in [0, 0.1) is 0 Å². The van der Waals surface area contributed by atoms with Crippen molar-refractivity contribution in [2.45, 2.75) is 44.0 Å². The number of fused-ring (bicyclic) bond motifs is 1. The molecular weight excluding hydrogens is 348 g/mol. The fraction of sp³-hybridized carbons (Fsp3) is 0.350. The van der Waals surface area contributed by atoms with Crippen molar-refractivity contribution >= 4 is 21.6 Å². The summed E-state index contributed by atoms with van der Waals surface area (Å²) in [7, 11) is -3.60. The van der Waals surface area contributed by atoms with Crippen molar-refractivity contribution in [3.05, 3.63) is 59.7 Å². The summed E-state index contributed by atoms with van der Waals surface area (Å²) in [6.07, 6.45) is 2.36. The molecule has 6 heteroatoms. The third kappa shape index (κ3) is 3.60. The minimum Gasteiger partial charge on any atom is -0.350 e. The first-order valence-electron chi connectivity index (χ1n) is 8.95. The normalized spacial score (nSPS) is 15.2. The number of hydrogen-bond donors (Lipinski definition) is 1. The molecule has 1 atom stereocenters. The number of aryl methyl sites for hydroxylation is 1. The second kappa shape index (κ2) is 7.50. The summed E-state index contributed by atoms with van der Waals surface area (Å²) < 4.78 is 27.5. The molecule has 2 aromatic carbocycles. The topological polar surface area (TPSA) is 66.5 Å². The summed E-state index contributed by atoms with van der Waals surface area (Å²) in [4.78, 5) is 12.6. The molecule has 0 spiro atoms. The summed E-state index contributed by atoms with van der Waals surface area (Å²) in [5.41, 5.74) is 2.13. The van der Waals surface area contributed by atoms with Crippen molar-refractivity contribution in [2.24, 2.45) is 0 Å². The van der Waals surface area contributed by atoms with Gasteiger partial charge in [-0.2, -0.15) is 0 Å². The van der Waals surface area contributed by atoms with Crippen LogP contribution in [0.2, 0.25) is 0 Å². The summed E-state index contributed by atoms with van der Waals surface area (Å²) in [5, 5.41) is 2.95. The minimum atomic E-state index is -3.60. The number of sulfonamides is 1. The molecule has 0 radical (unpaired) electrons. The number of amides is 1. The van der Waals surface area contributed by atoms with E-state index in [1.54, 1.807) is 42.5 Å². The smallest absolute Gasteiger partial charge is 0.264 e. The Labute approximate surface area is 155 Å². The zero-order valence-corrected chi connectivity index (χ0v) is 15.9. The first-order valence-corrected chi connectivity index (χ1v) is 10.4. The molecule has 1 aliphatic rings. The SMILES string of the molecule is CC[C@H](C)NC(=O)c1ccc2c(c1)CCCN2S(=O)(=O)c1ccccc1. The van der Waals surface area contributed by atoms with Crippen LogP contribution in [-0.4, -0.2) is 26.9 Å². The Hall–Kier alpha value is -2.34. The molecule has 0 unspecified atom stereocenters. The van der Waals surface area contributed by atoms with Gasteiger partial charge in [0, 0.05) is 18.2 Å². The molecule has 1 N–H and O–H groups in total. The Morgan fingerprint density at radius 2 is 1.92 bits per heavy atom. The van der Waals surface area contributed by atoms with Crippen LogP contribution in [-0.2, 0) is 16.4 Å². The maximum atomic E-state index is 13.0. The third-order valence-corrected chi connectivity index (χ3v) is 6.57. The fourth-order valence-corrected chi connectivity index (χ4v) is 4.64. The first-order chi connectivity index (χ1) is 12.4. The highest BCUT2D eigenvalue weighted by molar-refractivity contribution is 7.92. The minimum absolute atomic E-state index is 0.105. The predicted octanol–water partition coefficient (Wildman–Crippen LogP) is 3.36. The van der Waals surface area contributed by atoms with Crippen LogP contribution in [0.15, 0.2) is 53.4 Å². The summed E-state index contributed by atoms with van der Waals surface area (Å²) >= 11 is 0. The molecule has 0 saturated heterocycles. The monoisotopic (exact) mass is 372 g/mol. The molecule has 5 nitrogen and oxygen atoms in total. The lowest BCUT2D eigenvalue weighted by molar-refractivity contribution is 0.0939. The van der Waals surface area contributed by atoms with Gasteiger partial charge in [0.1, 0.15) is 0 Å². The van der Waals surface area contributed by atoms with Gasteiger partial charge >= 0.3 is 0 Å². The quantitative estimate of drug-likeness (QED) is 0.875. The van der Waals surface area contributed by atoms with E-state index in [2.05, 4.69) is 5.32 Å². The Morgan fingerprint density at radius 1 is 1.19 bits per heavy atom. The molecule has 1 aliphatic heterocycles. The molecule has 0 fully saturated rings. The maximum absolute atomic E-state index is 13.0. The summed E-state index contributed by atoms with van der Waals surface area (Å²) in [6, 6.07) is 13.8. The number of nitrogens with zero attached hydrogens (tertiary/aromatic N) is 1. The number of carbonyl (C=O) groups excluding carboxylic acids is 1. The number of anilines is 1. The molecule has 1 amide bonds. The third-order valence-electron chi connectivity index (χ3n) is 4.74. The van der Waals surface area contributed by atoms with E-state index >= 15 is 0 Å². The van der Waals surface area contributed by atoms with Crippen LogP contribution in [0.25, 0.3) is 0 Å². The standard InChI is InChI=1S/C20H24N2O3S/c1-3-15(2)21-20(23)17-11-12-19-16(14-17)8-7-13-22(19)26(24,25)18-9-5-4-6-10-18/h4-6,9-12,14-15H,3,7-8,13H2,1-2H3,(H,21,23)/t15-/m0/s1. The molecule has 26 heavy (non-hydrogen) atoms. The molecular formula is C20H24N2O3S. The number of benzene rings is 2. The van der Waals surface area contributed by atoms with Gasteiger partial charge in [0.25, 0.3) is 15.9 Å². The average Bonchev–Trinajstić information content (AvgIpc) is 2.67. The molecule has 138 valence electrons. The van der Waals surface area contributed by atoms with Crippen LogP contribution < -0.4 is 9.62 Å². The van der Waals surface area contributed by atoms with Gasteiger partial charge in [-0.15, -0.1) is 0 Å². The van der Waals surface area contributed by atoms with Crippen LogP contribution in [0.1, 0.15) is 42.6 Å². The van der Waals surface area contributed by atoms with Crippen LogP contribution >= 0.6 is 0 Å². The zero-order chi connectivity index (χ0) is 18.7. The van der Waals surface area contributed by atoms with Gasteiger partial charge in [0.05, 0.1) is 10.6 Å². The number of rotatable bonds is 5. The van der Waals surface area contributed by atoms with Gasteiger partial charge in [-0.05, 0) is 62.1 Å². The lowest BCUT2D eigenvalue weighted by atomic mass is 10.0. The van der Waals surface area contributed by atoms with Gasteiger partial charge in [0.2, 0.25) is 0 Å². The molecule has 1 heterocycles. The van der Waals surface area contributed by atoms with E-state index in [0.29, 0.717) is 17.8 Å². The predicted molar refractivity (Wildman–Crippen MR) is 103 cm³/mol. The lowest BCUT2D eigenvalue weighted by Crippen LogP contribution is -2.36. The van der Waals surface area contributed by atoms with Gasteiger partial charge in [0.15, 0.2) is 0 Å². The summed E-state index contributed by atoms with van der Waals surface area (Å²) in [6.45, 7) is 4.43. The largest absolute Gasteiger partial charge is 0.350 e. The Balaban J connectivity index is 1.93. The van der Waals surface area contributed by atoms with Crippen molar-refractivity contribution in [2.75, 3.05) is 10.8 Å². The number of nitrogens with one attached hydrogen (secondary N) is 1. The Bertz CT molecular complexity index is 895. The molecule has 0 bridgehead atoms. The van der Waals surface area contributed by atoms with Crippen molar-refractivity contribution in [1.82, 2.24) is 5.32 Å². The van der Waals surface area contributed by atoms with E-state index in [9.17, 15) is 13.2 Å². The van der Waals surface area contributed by atoms with E-state index in [0.717, 1.165) is 24.8 Å². The Morgan fingerprint density at radius 3 is 2.62 bits per heavy atom. The average molecular weight is 372 g/mol. The fourth-order valence-electron chi connectivity index (χ4n) is 3.08. The molecule has 3 rings (SSSR count). The summed E-state index contributed by atoms with van der Waals surface area (Å²) in [5.74, 6) is -0.120. The molecule has 0 aliphatic carbocycles. The van der Waals surface area contributed by atoms with Gasteiger partial charge in [-0.25, -0.2) is 8.42 Å². The number of carbonyl (C=O) groups is 1. The van der Waals surface area contributed by atoms with E-state index < -0.39 is 10.0 Å². The van der Waals surface area contributed by atoms with Crippen LogP contribution in [0.4, 0.5) is 5.69 Å². The van der Waals surface area contributed by atoms with Crippen molar-refractivity contribution in [3.8, 4) is 0 Å². The first kappa shape index (κ1) is 18.5. The van der Waals surface area contributed by atoms with Gasteiger partial charge in [-0.1, -0.05) is 25.1 Å². The Kier molecular flexibility index (Phi) is 5.32. The second-order valence-corrected chi connectivity index (χ2v) is 8.48. The van der Waals surface area contributed by atoms with E-state index in [-0.39, 0.29) is 16.8 Å². The second-order valence-electron chi connectivity index (χ2n) is 6.62. The van der Waals surface area contributed by atoms with E-state index in [1.165, 1.54) is 4.31 Å². The maximum Gasteiger partial charge on any atom is 0.264 e. The van der Waals surface area contributed by atoms with E-state index in [4.69, 9.17) is 0 Å².